The lowest BCUT2D eigenvalue weighted by Gasteiger charge is -2.28. The molecule has 2 N–H and O–H groups in total. The summed E-state index contributed by atoms with van der Waals surface area (Å²) in [5, 5.41) is 13.7. The van der Waals surface area contributed by atoms with Crippen LogP contribution >= 0.6 is 6.89 Å². The quantitative estimate of drug-likeness (QED) is 0.0348. The van der Waals surface area contributed by atoms with Gasteiger partial charge in [-0.15, -0.1) is 0 Å². The number of aldehydes is 1. The number of rotatable bonds is 14. The molecule has 0 aliphatic carbocycles. The van der Waals surface area contributed by atoms with E-state index in [4.69, 9.17) is 19.5 Å². The lowest BCUT2D eigenvalue weighted by atomic mass is 10.1. The molecule has 10 rings (SSSR count). The van der Waals surface area contributed by atoms with Crippen LogP contribution in [0, 0.1) is 18.3 Å². The molecule has 15 heteroatoms. The van der Waals surface area contributed by atoms with Crippen LogP contribution < -0.4 is 15.9 Å². The number of aryl methyl sites for hydroxylation is 1. The normalized spacial score (nSPS) is 10.9. The second-order valence-electron chi connectivity index (χ2n) is 17.5. The Labute approximate surface area is 472 Å². The fourth-order valence-corrected chi connectivity index (χ4v) is 13.3. The first-order chi connectivity index (χ1) is 39.3. The standard InChI is InChI=1S/C22H21O2P.C20H19NO4S.C13H13NO2.C9H7NO.C2H3N/c1-2-24-22(23)18-25(19-12-6-3-7-13-19,20-14-8-4-9-15-20)21-16-10-5-11-17-21;1-3-25-20(22)11-7-16-6-10-19-17(14-16)12-13-21(19)26(23,24)18-8-4-15(2)5-9-18;1-2-16-13(15)6-4-10-3-5-12-11(9-10)7-8-14-12;11-6-7-1-2-9-8(5-7)3-4-10-9;1-2-3/h3-18H,2H2,1H3;4-14H,3H2,1-2H3;3-9,14H,2H2,1H3;1-6,10H;1H3/b;11-7+;6-4+;;. The van der Waals surface area contributed by atoms with Gasteiger partial charge in [0, 0.05) is 70.8 Å². The van der Waals surface area contributed by atoms with Crippen molar-refractivity contribution >= 4 is 108 Å². The molecule has 0 radical (unpaired) electrons. The highest BCUT2D eigenvalue weighted by Gasteiger charge is 2.27. The maximum absolute atomic E-state index is 12.9. The van der Waals surface area contributed by atoms with Gasteiger partial charge in [-0.1, -0.05) is 121 Å². The highest BCUT2D eigenvalue weighted by atomic mass is 32.2. The average Bonchev–Trinajstić information content (AvgIpc) is 4.42. The minimum absolute atomic E-state index is 0.242. The Balaban J connectivity index is 0.000000178. The van der Waals surface area contributed by atoms with E-state index < -0.39 is 22.9 Å². The van der Waals surface area contributed by atoms with Gasteiger partial charge in [0.1, 0.15) is 6.29 Å². The molecule has 3 aromatic heterocycles. The van der Waals surface area contributed by atoms with Gasteiger partial charge >= 0.3 is 17.9 Å². The zero-order valence-electron chi connectivity index (χ0n) is 45.6. The Morgan fingerprint density at radius 3 is 1.43 bits per heavy atom. The second kappa shape index (κ2) is 30.6. The largest absolute Gasteiger partial charge is 0.463 e. The van der Waals surface area contributed by atoms with Crippen molar-refractivity contribution in [2.75, 3.05) is 19.8 Å². The van der Waals surface area contributed by atoms with Gasteiger partial charge in [0.25, 0.3) is 10.0 Å². The summed E-state index contributed by atoms with van der Waals surface area (Å²) in [4.78, 5) is 51.8. The molecular formula is C66H63N4O9PS. The molecule has 0 bridgehead atoms. The number of carbonyl (C=O) groups is 4. The number of nitrogens with zero attached hydrogens (tertiary/aromatic N) is 2. The molecular weight excluding hydrogens is 1060 g/mol. The molecule has 0 fully saturated rings. The smallest absolute Gasteiger partial charge is 0.331 e. The van der Waals surface area contributed by atoms with Gasteiger partial charge in [-0.2, -0.15) is 5.26 Å². The molecule has 13 nitrogen and oxygen atoms in total. The first-order valence-electron chi connectivity index (χ1n) is 25.9. The molecule has 0 spiro atoms. The molecule has 0 amide bonds. The van der Waals surface area contributed by atoms with Crippen LogP contribution in [0.2, 0.25) is 0 Å². The molecule has 0 atom stereocenters. The fraction of sp³-hybridized carbons (Fsp3) is 0.121. The predicted octanol–water partition coefficient (Wildman–Crippen LogP) is 12.4. The Morgan fingerprint density at radius 1 is 0.556 bits per heavy atom. The molecule has 0 unspecified atom stereocenters. The molecule has 0 saturated heterocycles. The van der Waals surface area contributed by atoms with Crippen LogP contribution in [0.3, 0.4) is 0 Å². The maximum atomic E-state index is 12.9. The van der Waals surface area contributed by atoms with Gasteiger partial charge in [-0.3, -0.25) is 4.79 Å². The number of aromatic nitrogens is 3. The van der Waals surface area contributed by atoms with E-state index in [0.717, 1.165) is 71.6 Å². The summed E-state index contributed by atoms with van der Waals surface area (Å²) in [5.74, 6) is 0.812. The van der Waals surface area contributed by atoms with Crippen molar-refractivity contribution in [3.63, 3.8) is 0 Å². The third-order valence-corrected chi connectivity index (χ3v) is 17.7. The number of H-pyrrole nitrogens is 2. The molecule has 412 valence electrons. The van der Waals surface area contributed by atoms with Crippen molar-refractivity contribution in [2.45, 2.75) is 39.5 Å². The number of hydrogen-bond donors (Lipinski definition) is 2. The van der Waals surface area contributed by atoms with E-state index in [9.17, 15) is 27.6 Å². The third kappa shape index (κ3) is 16.7. The monoisotopic (exact) mass is 1120 g/mol. The predicted molar refractivity (Wildman–Crippen MR) is 328 cm³/mol. The van der Waals surface area contributed by atoms with Crippen LogP contribution in [0.15, 0.2) is 224 Å². The van der Waals surface area contributed by atoms with Gasteiger partial charge in [-0.05, 0) is 152 Å². The van der Waals surface area contributed by atoms with E-state index in [-0.39, 0.29) is 16.8 Å². The Morgan fingerprint density at radius 2 is 0.975 bits per heavy atom. The van der Waals surface area contributed by atoms with Gasteiger partial charge in [0.2, 0.25) is 0 Å². The highest BCUT2D eigenvalue weighted by Crippen LogP contribution is 2.43. The van der Waals surface area contributed by atoms with Crippen molar-refractivity contribution in [2.24, 2.45) is 0 Å². The minimum atomic E-state index is -3.66. The first-order valence-corrected chi connectivity index (χ1v) is 29.2. The summed E-state index contributed by atoms with van der Waals surface area (Å²) in [5.41, 5.74) is 6.23. The second-order valence-corrected chi connectivity index (χ2v) is 22.6. The van der Waals surface area contributed by atoms with Crippen LogP contribution in [0.4, 0.5) is 0 Å². The zero-order chi connectivity index (χ0) is 58.0. The number of nitriles is 1. The summed E-state index contributed by atoms with van der Waals surface area (Å²) in [6.45, 7) is 7.56. The lowest BCUT2D eigenvalue weighted by Crippen LogP contribution is -2.29. The van der Waals surface area contributed by atoms with E-state index in [0.29, 0.717) is 25.3 Å². The molecule has 7 aromatic carbocycles. The van der Waals surface area contributed by atoms with Gasteiger partial charge in [0.05, 0.1) is 36.3 Å². The van der Waals surface area contributed by atoms with Gasteiger partial charge < -0.3 is 24.2 Å². The summed E-state index contributed by atoms with van der Waals surface area (Å²) >= 11 is 0. The van der Waals surface area contributed by atoms with Crippen molar-refractivity contribution < 1.29 is 41.8 Å². The Kier molecular flexibility index (Phi) is 22.9. The molecule has 3 heterocycles. The fourth-order valence-electron chi connectivity index (χ4n) is 8.30. The third-order valence-electron chi connectivity index (χ3n) is 12.0. The Hall–Kier alpha value is -9.54. The van der Waals surface area contributed by atoms with Crippen molar-refractivity contribution in [3.05, 3.63) is 241 Å². The number of ether oxygens (including phenoxy) is 3. The number of fused-ring (bicyclic) bond motifs is 3. The van der Waals surface area contributed by atoms with E-state index in [2.05, 4.69) is 46.4 Å². The van der Waals surface area contributed by atoms with Crippen molar-refractivity contribution in [1.82, 2.24) is 13.9 Å². The van der Waals surface area contributed by atoms with E-state index in [1.165, 1.54) is 23.0 Å². The topological polar surface area (TPSA) is 190 Å². The number of nitrogens with one attached hydrogen (secondary N) is 2. The van der Waals surface area contributed by atoms with Crippen LogP contribution in [-0.2, 0) is 38.6 Å². The van der Waals surface area contributed by atoms with Crippen molar-refractivity contribution in [1.29, 1.82) is 5.26 Å². The molecule has 0 saturated carbocycles. The lowest BCUT2D eigenvalue weighted by molar-refractivity contribution is -0.138. The molecule has 0 aliphatic rings. The Bertz CT molecular complexity index is 3850. The average molecular weight is 1120 g/mol. The van der Waals surface area contributed by atoms with Crippen LogP contribution in [0.5, 0.6) is 0 Å². The summed E-state index contributed by atoms with van der Waals surface area (Å²) in [6.07, 6.45) is 12.3. The summed E-state index contributed by atoms with van der Waals surface area (Å²) in [6, 6.07) is 61.8. The molecule has 81 heavy (non-hydrogen) atoms. The molecule has 0 aliphatic heterocycles. The van der Waals surface area contributed by atoms with E-state index in [1.54, 1.807) is 92.6 Å². The summed E-state index contributed by atoms with van der Waals surface area (Å²) in [7, 11) is -3.66. The number of benzene rings is 7. The minimum Gasteiger partial charge on any atom is -0.463 e. The SMILES string of the molecule is CC#N.CCOC(=O)/C=C/c1ccc2[nH]ccc2c1.CCOC(=O)/C=C/c1ccc2c(ccn2S(=O)(=O)c2ccc(C)cc2)c1.CCOC(=O)C=P(c1ccccc1)(c1ccccc1)c1ccccc1.O=Cc1ccc2[nH]ccc2c1. The van der Waals surface area contributed by atoms with Crippen LogP contribution in [0.1, 0.15) is 54.7 Å². The van der Waals surface area contributed by atoms with Crippen LogP contribution in [0.25, 0.3) is 44.9 Å². The highest BCUT2D eigenvalue weighted by molar-refractivity contribution is 7.95. The van der Waals surface area contributed by atoms with Gasteiger partial charge in [-0.25, -0.2) is 26.8 Å². The van der Waals surface area contributed by atoms with Gasteiger partial charge in [0.15, 0.2) is 0 Å². The van der Waals surface area contributed by atoms with Crippen LogP contribution in [-0.4, -0.2) is 72.2 Å². The zero-order valence-corrected chi connectivity index (χ0v) is 47.4. The summed E-state index contributed by atoms with van der Waals surface area (Å²) < 4.78 is 42.0. The van der Waals surface area contributed by atoms with Crippen molar-refractivity contribution in [3.8, 4) is 6.07 Å². The maximum Gasteiger partial charge on any atom is 0.331 e. The van der Waals surface area contributed by atoms with E-state index in [1.807, 2.05) is 129 Å². The number of aromatic amines is 2. The number of carbonyl (C=O) groups excluding carboxylic acids is 4. The number of hydrogen-bond acceptors (Lipinski definition) is 10. The molecule has 10 aromatic rings. The number of esters is 3. The van der Waals surface area contributed by atoms with E-state index >= 15 is 0 Å². The first kappa shape index (κ1) is 60.7.